The molecule has 1 atom stereocenters. The van der Waals surface area contributed by atoms with E-state index in [-0.39, 0.29) is 31.6 Å². The zero-order chi connectivity index (χ0) is 55.0. The second kappa shape index (κ2) is 63.3. The van der Waals surface area contributed by atoms with E-state index in [2.05, 4.69) is 136 Å². The molecule has 0 N–H and O–H groups in total. The van der Waals surface area contributed by atoms with E-state index in [4.69, 9.17) is 14.2 Å². The van der Waals surface area contributed by atoms with Crippen molar-refractivity contribution in [2.45, 2.75) is 290 Å². The Morgan fingerprint density at radius 2 is 0.539 bits per heavy atom. The second-order valence-electron chi connectivity index (χ2n) is 20.6. The van der Waals surface area contributed by atoms with Crippen LogP contribution in [0.5, 0.6) is 0 Å². The highest BCUT2D eigenvalue weighted by Gasteiger charge is 2.19. The summed E-state index contributed by atoms with van der Waals surface area (Å²) >= 11 is 0. The molecule has 0 spiro atoms. The van der Waals surface area contributed by atoms with Gasteiger partial charge in [-0.2, -0.15) is 0 Å². The standard InChI is InChI=1S/C70H116O6/c1-4-7-10-13-16-19-22-25-28-31-34-35-37-39-42-45-48-51-54-57-60-63-69(72)75-66-67(65-74-68(71)62-59-56-53-50-47-44-41-38-33-30-27-24-21-18-15-12-9-6-3)76-70(73)64-61-58-55-52-49-46-43-40-36-32-29-26-23-20-17-14-11-8-5-2/h8,11,17,20-22,24-26,29-31,33-34,36,40,46,49,55,58,67H,4-7,9-10,12-16,18-19,23,27-28,32,35,37-39,41-45,47-48,50-54,56-57,59-66H2,1-3H3/b11-8-,20-17-,24-21-,25-22-,29-26-,33-30-,34-31-,40-36-,49-46-,58-55-. The summed E-state index contributed by atoms with van der Waals surface area (Å²) in [5.41, 5.74) is 0. The Bertz CT molecular complexity index is 1590. The molecule has 6 heteroatoms. The maximum atomic E-state index is 12.9. The molecule has 0 radical (unpaired) electrons. The fourth-order valence-corrected chi connectivity index (χ4v) is 8.47. The lowest BCUT2D eigenvalue weighted by Gasteiger charge is -2.18. The number of hydrogen-bond acceptors (Lipinski definition) is 6. The zero-order valence-electron chi connectivity index (χ0n) is 49.5. The van der Waals surface area contributed by atoms with Crippen LogP contribution in [0.3, 0.4) is 0 Å². The lowest BCUT2D eigenvalue weighted by Crippen LogP contribution is -2.30. The third kappa shape index (κ3) is 60.7. The van der Waals surface area contributed by atoms with Gasteiger partial charge in [0.2, 0.25) is 0 Å². The van der Waals surface area contributed by atoms with E-state index in [9.17, 15) is 14.4 Å². The van der Waals surface area contributed by atoms with Crippen LogP contribution in [0.25, 0.3) is 0 Å². The van der Waals surface area contributed by atoms with E-state index in [1.807, 2.05) is 6.08 Å². The molecule has 0 saturated carbocycles. The normalized spacial score (nSPS) is 12.9. The number of carbonyl (C=O) groups is 3. The molecule has 0 amide bonds. The molecule has 0 aliphatic carbocycles. The van der Waals surface area contributed by atoms with Crippen molar-refractivity contribution in [3.63, 3.8) is 0 Å². The van der Waals surface area contributed by atoms with Crippen LogP contribution < -0.4 is 0 Å². The largest absolute Gasteiger partial charge is 0.462 e. The number of hydrogen-bond donors (Lipinski definition) is 0. The summed E-state index contributed by atoms with van der Waals surface area (Å²) < 4.78 is 16.8. The summed E-state index contributed by atoms with van der Waals surface area (Å²) in [5, 5.41) is 0. The molecule has 0 aromatic carbocycles. The van der Waals surface area contributed by atoms with Crippen LogP contribution in [0.15, 0.2) is 122 Å². The van der Waals surface area contributed by atoms with Gasteiger partial charge in [-0.25, -0.2) is 0 Å². The molecule has 0 aromatic rings. The average Bonchev–Trinajstić information content (AvgIpc) is 3.42. The Labute approximate surface area is 469 Å². The highest BCUT2D eigenvalue weighted by atomic mass is 16.6. The minimum absolute atomic E-state index is 0.115. The van der Waals surface area contributed by atoms with Crippen molar-refractivity contribution in [2.24, 2.45) is 0 Å². The minimum Gasteiger partial charge on any atom is -0.462 e. The van der Waals surface area contributed by atoms with E-state index >= 15 is 0 Å². The van der Waals surface area contributed by atoms with Crippen LogP contribution in [0.1, 0.15) is 284 Å². The van der Waals surface area contributed by atoms with Crippen LogP contribution in [-0.2, 0) is 28.6 Å². The SMILES string of the molecule is CC/C=C\C/C=C\C/C=C\C/C=C\C/C=C\C/C=C\CCC(=O)OC(COC(=O)CCCCCCCCC/C=C\C/C=C\CCCCCC)COC(=O)CCCCCCCCCCC/C=C\C/C=C\CCCCCCC. The fourth-order valence-electron chi connectivity index (χ4n) is 8.47. The molecular weight excluding hydrogens is 937 g/mol. The number of carbonyl (C=O) groups excluding carboxylic acids is 3. The Morgan fingerprint density at radius 3 is 0.868 bits per heavy atom. The first-order valence-corrected chi connectivity index (χ1v) is 31.5. The van der Waals surface area contributed by atoms with Gasteiger partial charge in [0.05, 0.1) is 0 Å². The van der Waals surface area contributed by atoms with Crippen molar-refractivity contribution >= 4 is 17.9 Å². The number of ether oxygens (including phenoxy) is 3. The van der Waals surface area contributed by atoms with Gasteiger partial charge in [-0.05, 0) is 122 Å². The van der Waals surface area contributed by atoms with Crippen molar-refractivity contribution < 1.29 is 28.6 Å². The maximum absolute atomic E-state index is 12.9. The second-order valence-corrected chi connectivity index (χ2v) is 20.6. The molecule has 0 saturated heterocycles. The maximum Gasteiger partial charge on any atom is 0.306 e. The topological polar surface area (TPSA) is 78.9 Å². The third-order valence-corrected chi connectivity index (χ3v) is 13.2. The molecule has 0 bridgehead atoms. The van der Waals surface area contributed by atoms with Gasteiger partial charge < -0.3 is 14.2 Å². The van der Waals surface area contributed by atoms with E-state index in [1.165, 1.54) is 141 Å². The average molecular weight is 1050 g/mol. The van der Waals surface area contributed by atoms with Crippen LogP contribution in [0.4, 0.5) is 0 Å². The highest BCUT2D eigenvalue weighted by molar-refractivity contribution is 5.71. The van der Waals surface area contributed by atoms with Gasteiger partial charge in [0.15, 0.2) is 6.10 Å². The molecule has 0 aromatic heterocycles. The summed E-state index contributed by atoms with van der Waals surface area (Å²) in [6, 6.07) is 0. The van der Waals surface area contributed by atoms with Crippen LogP contribution in [0.2, 0.25) is 0 Å². The van der Waals surface area contributed by atoms with Gasteiger partial charge in [0.25, 0.3) is 0 Å². The number of esters is 3. The van der Waals surface area contributed by atoms with Gasteiger partial charge in [-0.15, -0.1) is 0 Å². The molecule has 0 rings (SSSR count). The third-order valence-electron chi connectivity index (χ3n) is 13.2. The first kappa shape index (κ1) is 71.8. The first-order chi connectivity index (χ1) is 37.5. The minimum atomic E-state index is -0.829. The molecule has 0 aliphatic heterocycles. The Kier molecular flexibility index (Phi) is 59.9. The summed E-state index contributed by atoms with van der Waals surface area (Å²) in [6.45, 7) is 6.44. The number of allylic oxidation sites excluding steroid dienone is 20. The molecular formula is C70H116O6. The fraction of sp³-hybridized carbons (Fsp3) is 0.671. The summed E-state index contributed by atoms with van der Waals surface area (Å²) in [4.78, 5) is 38.3. The monoisotopic (exact) mass is 1050 g/mol. The van der Waals surface area contributed by atoms with Gasteiger partial charge in [0.1, 0.15) is 13.2 Å². The quantitative estimate of drug-likeness (QED) is 0.0261. The van der Waals surface area contributed by atoms with Crippen LogP contribution in [0, 0.1) is 0 Å². The molecule has 0 aliphatic rings. The Hall–Kier alpha value is -4.19. The van der Waals surface area contributed by atoms with Crippen LogP contribution in [-0.4, -0.2) is 37.2 Å². The molecule has 0 fully saturated rings. The molecule has 76 heavy (non-hydrogen) atoms. The summed E-state index contributed by atoms with van der Waals surface area (Å²) in [6.07, 6.45) is 87.8. The van der Waals surface area contributed by atoms with Crippen LogP contribution >= 0.6 is 0 Å². The van der Waals surface area contributed by atoms with Crippen molar-refractivity contribution in [3.8, 4) is 0 Å². The predicted molar refractivity (Wildman–Crippen MR) is 330 cm³/mol. The smallest absolute Gasteiger partial charge is 0.306 e. The molecule has 6 nitrogen and oxygen atoms in total. The van der Waals surface area contributed by atoms with E-state index in [1.54, 1.807) is 0 Å². The lowest BCUT2D eigenvalue weighted by atomic mass is 10.1. The van der Waals surface area contributed by atoms with E-state index in [0.717, 1.165) is 96.3 Å². The van der Waals surface area contributed by atoms with Gasteiger partial charge in [0, 0.05) is 19.3 Å². The van der Waals surface area contributed by atoms with E-state index in [0.29, 0.717) is 19.3 Å². The Balaban J connectivity index is 4.51. The van der Waals surface area contributed by atoms with E-state index < -0.39 is 12.1 Å². The number of unbranched alkanes of at least 4 members (excludes halogenated alkanes) is 25. The Morgan fingerprint density at radius 1 is 0.276 bits per heavy atom. The zero-order valence-corrected chi connectivity index (χ0v) is 49.5. The van der Waals surface area contributed by atoms with Crippen molar-refractivity contribution in [2.75, 3.05) is 13.2 Å². The lowest BCUT2D eigenvalue weighted by molar-refractivity contribution is -0.166. The summed E-state index contributed by atoms with van der Waals surface area (Å²) in [5.74, 6) is -1.01. The van der Waals surface area contributed by atoms with Gasteiger partial charge in [-0.1, -0.05) is 264 Å². The molecule has 0 heterocycles. The summed E-state index contributed by atoms with van der Waals surface area (Å²) in [7, 11) is 0. The van der Waals surface area contributed by atoms with Gasteiger partial charge in [-0.3, -0.25) is 14.4 Å². The predicted octanol–water partition coefficient (Wildman–Crippen LogP) is 21.6. The number of rotatable bonds is 56. The van der Waals surface area contributed by atoms with Gasteiger partial charge >= 0.3 is 17.9 Å². The highest BCUT2D eigenvalue weighted by Crippen LogP contribution is 2.15. The van der Waals surface area contributed by atoms with Crippen molar-refractivity contribution in [3.05, 3.63) is 122 Å². The first-order valence-electron chi connectivity index (χ1n) is 31.5. The molecule has 1 unspecified atom stereocenters. The van der Waals surface area contributed by atoms with Crippen molar-refractivity contribution in [1.82, 2.24) is 0 Å². The molecule has 432 valence electrons. The van der Waals surface area contributed by atoms with Crippen molar-refractivity contribution in [1.29, 1.82) is 0 Å².